The molecule has 2 aliphatic heterocycles. The van der Waals surface area contributed by atoms with E-state index in [0.29, 0.717) is 15.6 Å². The molecule has 0 unspecified atom stereocenters. The quantitative estimate of drug-likeness (QED) is 0.531. The molecule has 7 heteroatoms. The van der Waals surface area contributed by atoms with Crippen molar-refractivity contribution < 1.29 is 19.0 Å². The van der Waals surface area contributed by atoms with E-state index < -0.39 is 0 Å². The van der Waals surface area contributed by atoms with Crippen LogP contribution >= 0.6 is 22.9 Å². The molecule has 0 N–H and O–H groups in total. The lowest BCUT2D eigenvalue weighted by Gasteiger charge is -2.36. The Labute approximate surface area is 178 Å². The third-order valence-electron chi connectivity index (χ3n) is 6.16. The Morgan fingerprint density at radius 1 is 1.34 bits per heavy atom. The number of rotatable bonds is 3. The van der Waals surface area contributed by atoms with Gasteiger partial charge < -0.3 is 19.1 Å². The topological polar surface area (TPSA) is 48.0 Å². The maximum Gasteiger partial charge on any atom is 0.348 e. The number of methoxy groups -OCH3 is 1. The summed E-state index contributed by atoms with van der Waals surface area (Å²) in [5.74, 6) is 1.26. The Kier molecular flexibility index (Phi) is 4.61. The maximum atomic E-state index is 12.5. The molecule has 5 nitrogen and oxygen atoms in total. The second kappa shape index (κ2) is 7.04. The van der Waals surface area contributed by atoms with Crippen molar-refractivity contribution in [2.75, 3.05) is 20.7 Å². The van der Waals surface area contributed by atoms with Crippen molar-refractivity contribution in [1.29, 1.82) is 0 Å². The fourth-order valence-electron chi connectivity index (χ4n) is 4.77. The van der Waals surface area contributed by atoms with Gasteiger partial charge in [-0.25, -0.2) is 4.79 Å². The predicted octanol–water partition coefficient (Wildman–Crippen LogP) is 4.43. The molecule has 1 aliphatic carbocycles. The van der Waals surface area contributed by atoms with Gasteiger partial charge in [-0.3, -0.25) is 0 Å². The number of halogens is 1. The number of carbonyl (C=O) groups excluding carboxylic acids is 1. The monoisotopic (exact) mass is 431 g/mol. The standard InChI is InChI=1S/C22H22ClNO4S/c1-24-10-9-22-8-7-14(27-21(25)16-5-6-18(23)29-16)11-17(22)28-20-15(26-2)4-3-13(12-24)19(20)22/h3-8,14,17H,9-12H2,1-2H3/t14-,17-,22-/m0/s1. The van der Waals surface area contributed by atoms with Crippen LogP contribution in [-0.4, -0.2) is 43.8 Å². The first-order valence-electron chi connectivity index (χ1n) is 9.71. The molecule has 1 aromatic carbocycles. The van der Waals surface area contributed by atoms with Crippen LogP contribution in [-0.2, 0) is 16.7 Å². The van der Waals surface area contributed by atoms with Gasteiger partial charge in [0.25, 0.3) is 0 Å². The first-order chi connectivity index (χ1) is 14.0. The Bertz CT molecular complexity index is 1000. The minimum atomic E-state index is -0.345. The zero-order valence-corrected chi connectivity index (χ0v) is 17.9. The fourth-order valence-corrected chi connectivity index (χ4v) is 5.70. The number of ether oxygens (including phenoxy) is 3. The summed E-state index contributed by atoms with van der Waals surface area (Å²) in [7, 11) is 3.82. The molecule has 0 amide bonds. The van der Waals surface area contributed by atoms with Gasteiger partial charge in [-0.05, 0) is 49.9 Å². The zero-order chi connectivity index (χ0) is 20.2. The molecule has 29 heavy (non-hydrogen) atoms. The van der Waals surface area contributed by atoms with E-state index in [1.807, 2.05) is 12.1 Å². The van der Waals surface area contributed by atoms with E-state index in [1.54, 1.807) is 19.2 Å². The summed E-state index contributed by atoms with van der Waals surface area (Å²) < 4.78 is 18.4. The second-order valence-electron chi connectivity index (χ2n) is 7.91. The van der Waals surface area contributed by atoms with E-state index in [4.69, 9.17) is 25.8 Å². The van der Waals surface area contributed by atoms with E-state index in [1.165, 1.54) is 22.5 Å². The summed E-state index contributed by atoms with van der Waals surface area (Å²) in [6.07, 6.45) is 5.38. The molecule has 2 aromatic rings. The highest BCUT2D eigenvalue weighted by atomic mass is 35.5. The van der Waals surface area contributed by atoms with Crippen molar-refractivity contribution in [2.24, 2.45) is 0 Å². The van der Waals surface area contributed by atoms with Crippen LogP contribution < -0.4 is 9.47 Å². The molecule has 1 aromatic heterocycles. The minimum absolute atomic E-state index is 0.0891. The number of hydrogen-bond acceptors (Lipinski definition) is 6. The first-order valence-corrected chi connectivity index (χ1v) is 10.9. The number of esters is 1. The highest BCUT2D eigenvalue weighted by Crippen LogP contribution is 2.55. The van der Waals surface area contributed by atoms with Crippen LogP contribution in [0.5, 0.6) is 11.5 Å². The maximum absolute atomic E-state index is 12.5. The summed E-state index contributed by atoms with van der Waals surface area (Å²) in [6.45, 7) is 1.86. The molecule has 5 rings (SSSR count). The van der Waals surface area contributed by atoms with Crippen molar-refractivity contribution in [1.82, 2.24) is 4.90 Å². The average molecular weight is 432 g/mol. The van der Waals surface area contributed by atoms with Crippen LogP contribution in [0.2, 0.25) is 4.34 Å². The molecule has 0 radical (unpaired) electrons. The molecule has 3 atom stereocenters. The number of benzene rings is 1. The van der Waals surface area contributed by atoms with Crippen LogP contribution in [0.1, 0.15) is 33.6 Å². The SMILES string of the molecule is COc1ccc2c3c1O[C@H]1C[C@@H](OC(=O)c4ccc(Cl)s4)C=C[C@@]31CCN(C)C2. The zero-order valence-electron chi connectivity index (χ0n) is 16.3. The van der Waals surface area contributed by atoms with Gasteiger partial charge in [-0.15, -0.1) is 11.3 Å². The number of thiophene rings is 1. The Morgan fingerprint density at radius 2 is 2.21 bits per heavy atom. The molecule has 0 saturated heterocycles. The Balaban J connectivity index is 1.48. The molecule has 3 heterocycles. The highest BCUT2D eigenvalue weighted by molar-refractivity contribution is 7.17. The van der Waals surface area contributed by atoms with Crippen molar-refractivity contribution >= 4 is 28.9 Å². The van der Waals surface area contributed by atoms with Gasteiger partial charge in [0.1, 0.15) is 17.1 Å². The van der Waals surface area contributed by atoms with E-state index in [9.17, 15) is 4.79 Å². The lowest BCUT2D eigenvalue weighted by atomic mass is 9.69. The van der Waals surface area contributed by atoms with E-state index in [-0.39, 0.29) is 23.6 Å². The predicted molar refractivity (Wildman–Crippen MR) is 112 cm³/mol. The third kappa shape index (κ3) is 3.05. The second-order valence-corrected chi connectivity index (χ2v) is 9.62. The molecule has 3 aliphatic rings. The van der Waals surface area contributed by atoms with Crippen LogP contribution in [0.25, 0.3) is 0 Å². The molecule has 152 valence electrons. The molecular weight excluding hydrogens is 410 g/mol. The normalized spacial score (nSPS) is 27.6. The third-order valence-corrected chi connectivity index (χ3v) is 7.37. The number of hydrogen-bond donors (Lipinski definition) is 0. The van der Waals surface area contributed by atoms with E-state index >= 15 is 0 Å². The van der Waals surface area contributed by atoms with Crippen LogP contribution in [0, 0.1) is 0 Å². The van der Waals surface area contributed by atoms with E-state index in [2.05, 4.69) is 24.1 Å². The minimum Gasteiger partial charge on any atom is -0.493 e. The summed E-state index contributed by atoms with van der Waals surface area (Å²) in [5.41, 5.74) is 2.30. The smallest absolute Gasteiger partial charge is 0.348 e. The molecular formula is C22H22ClNO4S. The van der Waals surface area contributed by atoms with Gasteiger partial charge in [-0.1, -0.05) is 23.7 Å². The Morgan fingerprint density at radius 3 is 2.97 bits per heavy atom. The number of carbonyl (C=O) groups is 1. The summed E-state index contributed by atoms with van der Waals surface area (Å²) in [6, 6.07) is 7.54. The summed E-state index contributed by atoms with van der Waals surface area (Å²) in [5, 5.41) is 0. The molecule has 0 bridgehead atoms. The van der Waals surface area contributed by atoms with Gasteiger partial charge in [0.05, 0.1) is 16.9 Å². The van der Waals surface area contributed by atoms with Crippen LogP contribution in [0.15, 0.2) is 36.4 Å². The van der Waals surface area contributed by atoms with Crippen molar-refractivity contribution in [3.63, 3.8) is 0 Å². The molecule has 0 saturated carbocycles. The molecule has 0 fully saturated rings. The van der Waals surface area contributed by atoms with Crippen molar-refractivity contribution in [2.45, 2.75) is 37.0 Å². The highest BCUT2D eigenvalue weighted by Gasteiger charge is 2.53. The van der Waals surface area contributed by atoms with Crippen LogP contribution in [0.4, 0.5) is 0 Å². The largest absolute Gasteiger partial charge is 0.493 e. The Hall–Kier alpha value is -2.02. The van der Waals surface area contributed by atoms with Gasteiger partial charge in [0, 0.05) is 18.5 Å². The van der Waals surface area contributed by atoms with Gasteiger partial charge in [-0.2, -0.15) is 0 Å². The van der Waals surface area contributed by atoms with Crippen LogP contribution in [0.3, 0.4) is 0 Å². The van der Waals surface area contributed by atoms with Gasteiger partial charge >= 0.3 is 5.97 Å². The summed E-state index contributed by atoms with van der Waals surface area (Å²) in [4.78, 5) is 15.3. The average Bonchev–Trinajstić information content (AvgIpc) is 3.24. The van der Waals surface area contributed by atoms with Crippen molar-refractivity contribution in [3.8, 4) is 11.5 Å². The summed E-state index contributed by atoms with van der Waals surface area (Å²) >= 11 is 7.18. The first kappa shape index (κ1) is 19.0. The van der Waals surface area contributed by atoms with E-state index in [0.717, 1.165) is 31.0 Å². The number of nitrogens with zero attached hydrogens (tertiary/aromatic N) is 1. The lowest BCUT2D eigenvalue weighted by Crippen LogP contribution is -2.43. The molecule has 1 spiro atoms. The fraction of sp³-hybridized carbons (Fsp3) is 0.409. The lowest BCUT2D eigenvalue weighted by molar-refractivity contribution is 0.0223. The van der Waals surface area contributed by atoms with Gasteiger partial charge in [0.15, 0.2) is 11.5 Å². The van der Waals surface area contributed by atoms with Gasteiger partial charge in [0.2, 0.25) is 0 Å². The van der Waals surface area contributed by atoms with Crippen molar-refractivity contribution in [3.05, 3.63) is 56.8 Å².